The molecule has 46 nitrogen and oxygen atoms in total. The van der Waals surface area contributed by atoms with E-state index < -0.39 is 302 Å². The van der Waals surface area contributed by atoms with Crippen LogP contribution in [0.5, 0.6) is 5.75 Å². The molecule has 0 unspecified atom stereocenters. The molecule has 1 heterocycles. The number of hydrogen-bond donors (Lipinski definition) is 23. The first kappa shape index (κ1) is 122. The van der Waals surface area contributed by atoms with Crippen LogP contribution < -0.4 is 103 Å². The molecule has 1 aliphatic heterocycles. The minimum absolute atomic E-state index is 0.0168. The Kier molecular flexibility index (Phi) is 49.5. The van der Waals surface area contributed by atoms with Crippen molar-refractivity contribution in [2.45, 2.75) is 255 Å². The molecule has 16 amide bonds. The molecule has 1 aliphatic carbocycles. The number of Topliss-reactive ketones (excluding diaryl/α,β-unsaturated/α-hetero) is 1. The molecule has 150 heavy (non-hydrogen) atoms. The molecule has 814 valence electrons. The van der Waals surface area contributed by atoms with E-state index in [0.717, 1.165) is 29.7 Å². The van der Waals surface area contributed by atoms with Crippen LogP contribution in [0.1, 0.15) is 176 Å². The zero-order valence-corrected chi connectivity index (χ0v) is 85.7. The van der Waals surface area contributed by atoms with Crippen LogP contribution in [0.15, 0.2) is 127 Å². The number of carboxylic acids is 4. The summed E-state index contributed by atoms with van der Waals surface area (Å²) in [5.41, 5.74) is 30.8. The molecule has 2 fully saturated rings. The fourth-order valence-electron chi connectivity index (χ4n) is 16.9. The molecule has 0 aromatic heterocycles. The predicted molar refractivity (Wildman–Crippen MR) is 550 cm³/mol. The van der Waals surface area contributed by atoms with E-state index in [-0.39, 0.29) is 92.4 Å². The van der Waals surface area contributed by atoms with Gasteiger partial charge in [-0.15, -0.1) is 11.8 Å². The van der Waals surface area contributed by atoms with Crippen molar-refractivity contribution in [3.05, 3.63) is 161 Å². The van der Waals surface area contributed by atoms with Gasteiger partial charge in [-0.05, 0) is 167 Å². The van der Waals surface area contributed by atoms with Gasteiger partial charge in [0, 0.05) is 44.9 Å². The van der Waals surface area contributed by atoms with Gasteiger partial charge in [-0.2, -0.15) is 0 Å². The van der Waals surface area contributed by atoms with E-state index in [4.69, 9.17) is 33.4 Å². The maximum atomic E-state index is 15.8. The maximum absolute atomic E-state index is 15.8. The first-order valence-corrected chi connectivity index (χ1v) is 50.8. The number of aryl methyl sites for hydroxylation is 1. The number of carbonyl (C=O) groups excluding carboxylic acids is 17. The highest BCUT2D eigenvalue weighted by Gasteiger charge is 2.43. The van der Waals surface area contributed by atoms with Crippen LogP contribution in [0, 0.1) is 36.0 Å². The van der Waals surface area contributed by atoms with Gasteiger partial charge < -0.3 is 133 Å². The Bertz CT molecular complexity index is 5580. The highest BCUT2D eigenvalue weighted by Crippen LogP contribution is 2.29. The third-order valence-corrected chi connectivity index (χ3v) is 26.4. The molecule has 1 saturated heterocycles. The van der Waals surface area contributed by atoms with Gasteiger partial charge >= 0.3 is 23.9 Å². The zero-order valence-electron chi connectivity index (χ0n) is 84.9. The number of carboxylic acid groups (broad SMARTS) is 4. The molecule has 5 aromatic rings. The number of carbonyl (C=O) groups is 21. The van der Waals surface area contributed by atoms with Gasteiger partial charge in [0.1, 0.15) is 84.3 Å². The van der Waals surface area contributed by atoms with Crippen molar-refractivity contribution in [1.29, 1.82) is 5.41 Å². The molecule has 7 rings (SSSR count). The number of nitrogens with one attached hydrogen (secondary N) is 14. The predicted octanol–water partition coefficient (Wildman–Crippen LogP) is -0.605. The fourth-order valence-corrected chi connectivity index (χ4v) is 17.8. The molecule has 1 saturated carbocycles. The SMILES string of the molecule is Cc1cccc(C[C@@H]2NC(=O)[C@H](CC(=O)O)NC(=O)[C@H](Cc3ccc(OCC(=O)O)cc3)C(=N)C(=O)[C@H](CCC(=O)O)NC(=O)CSC[C@@H](C(=O)N[C@@H](CCN)C(N)=O)NC(=O)[C@H](CCCN)NC(=O)[C@H](C(C)C)NC(=O)[C@H](CC3CCCCC3)NC(=O)[C@H](CCN)NC(=O)[C@@H](CC(C)C)NC(=O)[C@H](C)N(C)C(=O)[C@H](CCC(N)=O)NC(=O)[C@H](Cc3ccc(-c4ccccc4)cc3)NC(=O)[C@H](Cc3ccc(C(=O)O)cc3)NC2=O)c1. The van der Waals surface area contributed by atoms with Gasteiger partial charge in [-0.3, -0.25) is 91.1 Å². The van der Waals surface area contributed by atoms with Crippen molar-refractivity contribution in [2.24, 2.45) is 52.3 Å². The van der Waals surface area contributed by atoms with Crippen LogP contribution in [-0.2, 0) is 122 Å². The third kappa shape index (κ3) is 40.2. The normalized spacial score (nSPS) is 22.8. The molecule has 5 aromatic carbocycles. The number of amides is 16. The number of likely N-dealkylation sites (N-methyl/N-ethyl adjacent to an activating group) is 1. The second kappa shape index (κ2) is 61.0. The summed E-state index contributed by atoms with van der Waals surface area (Å²) in [6.45, 7) is 8.21. The molecule has 2 aliphatic rings. The van der Waals surface area contributed by atoms with E-state index in [1.165, 1.54) is 68.6 Å². The van der Waals surface area contributed by atoms with Crippen LogP contribution >= 0.6 is 11.8 Å². The van der Waals surface area contributed by atoms with Crippen LogP contribution in [-0.4, -0.2) is 285 Å². The van der Waals surface area contributed by atoms with Crippen molar-refractivity contribution in [3.63, 3.8) is 0 Å². The lowest BCUT2D eigenvalue weighted by molar-refractivity contribution is -0.143. The standard InChI is InChI=1S/C103H140N20O26S/c1-55(2)44-74-94(138)112-72(40-43-106)93(137)117-77(47-59-17-10-8-11-18-59)99(143)122-87(56(3)4)101(145)113-71(22-15-41-104)92(136)121-80(100(144)111-70(39-42-105)89(109)133)53-150-54-82(125)110-69(36-38-83(126)127)88(132)86(108)68(46-60-27-33-67(34-28-60)149-52-85(130)131)91(135)116-79(51-84(128)129)98(142)120-78(50-63-19-14-16-57(5)45-63)97(141)119-76(49-62-25-31-66(32-26-62)103(147)148)96(140)118-75(48-61-23-29-65(30-24-61)64-20-12-9-13-21-64)95(139)114-73(35-37-81(107)124)102(146)123(7)58(6)90(134)115-74/h9,12-14,16,19-21,23-34,45,55-56,58-59,68-80,87,108H,8,10-11,15,17-18,22,35-44,46-54,104-106H2,1-7H3,(H2,107,124)(H2,109,133)(H,110,125)(H,111,144)(H,112,138)(H,113,145)(H,114,139)(H,115,134)(H,116,135)(H,117,137)(H,118,140)(H,119,141)(H,120,142)(H,121,136)(H,122,143)(H,126,127)(H,128,129)(H,130,131)(H,147,148)/t58-,68+,69-,70-,71-,72-,73-,74+,75-,76-,77-,78-,79-,80-,87-/m0/s1. The quantitative estimate of drug-likeness (QED) is 0.0238. The summed E-state index contributed by atoms with van der Waals surface area (Å²) in [5, 5.41) is 83.2. The lowest BCUT2D eigenvalue weighted by atomic mass is 9.84. The molecular formula is C103H140N20O26S. The second-order valence-corrected chi connectivity index (χ2v) is 39.1. The van der Waals surface area contributed by atoms with Gasteiger partial charge in [0.05, 0.1) is 35.4 Å². The number of hydrogen-bond acceptors (Lipinski definition) is 27. The maximum Gasteiger partial charge on any atom is 0.341 e. The number of nitrogens with two attached hydrogens (primary N) is 5. The van der Waals surface area contributed by atoms with Crippen LogP contribution in [0.4, 0.5) is 0 Å². The lowest BCUT2D eigenvalue weighted by Crippen LogP contribution is -2.61. The van der Waals surface area contributed by atoms with E-state index in [1.807, 2.05) is 12.1 Å². The van der Waals surface area contributed by atoms with Gasteiger partial charge in [0.15, 0.2) is 12.4 Å². The fraction of sp³-hybridized carbons (Fsp3) is 0.495. The minimum Gasteiger partial charge on any atom is -0.482 e. The zero-order chi connectivity index (χ0) is 111. The largest absolute Gasteiger partial charge is 0.482 e. The number of nitrogens with zero attached hydrogens (tertiary/aromatic N) is 1. The summed E-state index contributed by atoms with van der Waals surface area (Å²) >= 11 is 0.597. The minimum atomic E-state index is -2.30. The van der Waals surface area contributed by atoms with E-state index in [2.05, 4.69) is 69.1 Å². The summed E-state index contributed by atoms with van der Waals surface area (Å²) in [4.78, 5) is 302. The molecule has 0 radical (unpaired) electrons. The molecular weight excluding hydrogens is 1970 g/mol. The third-order valence-electron chi connectivity index (χ3n) is 25.3. The Labute approximate surface area is 871 Å². The van der Waals surface area contributed by atoms with Gasteiger partial charge in [0.2, 0.25) is 94.5 Å². The number of aromatic carboxylic acids is 1. The number of rotatable bonds is 36. The number of thioether (sulfide) groups is 1. The van der Waals surface area contributed by atoms with Crippen LogP contribution in [0.2, 0.25) is 0 Å². The van der Waals surface area contributed by atoms with E-state index in [9.17, 15) is 88.2 Å². The molecule has 47 heteroatoms. The number of aliphatic carboxylic acids is 3. The van der Waals surface area contributed by atoms with E-state index in [1.54, 1.807) is 95.3 Å². The van der Waals surface area contributed by atoms with Gasteiger partial charge in [0.25, 0.3) is 0 Å². The Morgan fingerprint density at radius 3 is 1.54 bits per heavy atom. The lowest BCUT2D eigenvalue weighted by Gasteiger charge is -2.32. The Hall–Kier alpha value is -15.1. The molecule has 28 N–H and O–H groups in total. The smallest absolute Gasteiger partial charge is 0.341 e. The van der Waals surface area contributed by atoms with Crippen LogP contribution in [0.25, 0.3) is 11.1 Å². The van der Waals surface area contributed by atoms with Crippen molar-refractivity contribution in [1.82, 2.24) is 74.0 Å². The number of ether oxygens (including phenoxy) is 1. The number of primary amides is 2. The Morgan fingerprint density at radius 1 is 0.487 bits per heavy atom. The Balaban J connectivity index is 1.40. The first-order valence-electron chi connectivity index (χ1n) is 49.6. The average Bonchev–Trinajstić information content (AvgIpc) is 0.829. The second-order valence-electron chi connectivity index (χ2n) is 38.1. The summed E-state index contributed by atoms with van der Waals surface area (Å²) in [6, 6.07) is 8.13. The highest BCUT2D eigenvalue weighted by molar-refractivity contribution is 8.00. The van der Waals surface area contributed by atoms with Crippen LogP contribution in [0.3, 0.4) is 0 Å². The van der Waals surface area contributed by atoms with Gasteiger partial charge in [-0.1, -0.05) is 168 Å². The first-order chi connectivity index (χ1) is 71.1. The summed E-state index contributed by atoms with van der Waals surface area (Å²) in [5.74, 6) is -29.8. The van der Waals surface area contributed by atoms with Crippen molar-refractivity contribution in [2.75, 3.05) is 44.8 Å². The van der Waals surface area contributed by atoms with E-state index >= 15 is 38.4 Å². The average molecular weight is 2110 g/mol. The van der Waals surface area contributed by atoms with Crippen molar-refractivity contribution >= 4 is 142 Å². The summed E-state index contributed by atoms with van der Waals surface area (Å²) in [7, 11) is 1.18. The summed E-state index contributed by atoms with van der Waals surface area (Å²) < 4.78 is 5.29. The monoisotopic (exact) mass is 2100 g/mol. The van der Waals surface area contributed by atoms with Crippen molar-refractivity contribution < 1.29 is 126 Å². The molecule has 0 spiro atoms. The highest BCUT2D eigenvalue weighted by atomic mass is 32.2. The Morgan fingerprint density at radius 2 is 0.993 bits per heavy atom. The van der Waals surface area contributed by atoms with Gasteiger partial charge in [-0.25, -0.2) is 9.59 Å². The molecule has 0 bridgehead atoms. The number of benzene rings is 5. The van der Waals surface area contributed by atoms with E-state index in [0.29, 0.717) is 46.9 Å². The van der Waals surface area contributed by atoms with Crippen molar-refractivity contribution in [3.8, 4) is 16.9 Å². The number of ketones is 1. The summed E-state index contributed by atoms with van der Waals surface area (Å²) in [6.07, 6.45) is -3.50. The molecule has 15 atom stereocenters. The topological polar surface area (TPSA) is 762 Å².